The van der Waals surface area contributed by atoms with Crippen LogP contribution in [0.2, 0.25) is 0 Å². The molecule has 76 valence electrons. The van der Waals surface area contributed by atoms with Crippen LogP contribution in [0.4, 0.5) is 0 Å². The van der Waals surface area contributed by atoms with Crippen molar-refractivity contribution in [2.75, 3.05) is 7.11 Å². The zero-order valence-electron chi connectivity index (χ0n) is 8.37. The molecule has 0 aliphatic heterocycles. The molecular weight excluding hydrogens is 170 g/mol. The Kier molecular flexibility index (Phi) is 5.97. The first-order chi connectivity index (χ1) is 6.10. The number of carbonyl (C=O) groups excluding carboxylic acids is 1. The van der Waals surface area contributed by atoms with Gasteiger partial charge < -0.3 is 15.2 Å². The Balaban J connectivity index is 3.91. The minimum atomic E-state index is -0.529. The van der Waals surface area contributed by atoms with Crippen LogP contribution in [0.3, 0.4) is 0 Å². The van der Waals surface area contributed by atoms with Crippen molar-refractivity contribution in [1.29, 1.82) is 0 Å². The molecule has 1 unspecified atom stereocenters. The van der Waals surface area contributed by atoms with E-state index in [1.165, 1.54) is 13.2 Å². The zero-order valence-corrected chi connectivity index (χ0v) is 8.37. The SMILES string of the molecule is CCCC(N)=CC(=O)OC(C)OC. The van der Waals surface area contributed by atoms with Crippen LogP contribution in [0.1, 0.15) is 26.7 Å². The number of methoxy groups -OCH3 is 1. The van der Waals surface area contributed by atoms with Crippen molar-refractivity contribution in [2.24, 2.45) is 5.73 Å². The monoisotopic (exact) mass is 187 g/mol. The third-order valence-corrected chi connectivity index (χ3v) is 1.46. The number of allylic oxidation sites excluding steroid dienone is 1. The molecule has 0 saturated heterocycles. The maximum Gasteiger partial charge on any atom is 0.334 e. The van der Waals surface area contributed by atoms with Gasteiger partial charge in [-0.1, -0.05) is 13.3 Å². The van der Waals surface area contributed by atoms with Crippen LogP contribution < -0.4 is 5.73 Å². The van der Waals surface area contributed by atoms with Gasteiger partial charge in [-0.2, -0.15) is 0 Å². The van der Waals surface area contributed by atoms with Crippen LogP contribution in [-0.2, 0) is 14.3 Å². The van der Waals surface area contributed by atoms with E-state index in [1.807, 2.05) is 6.92 Å². The molecule has 0 aromatic carbocycles. The van der Waals surface area contributed by atoms with Gasteiger partial charge in [-0.15, -0.1) is 0 Å². The van der Waals surface area contributed by atoms with E-state index >= 15 is 0 Å². The first kappa shape index (κ1) is 12.0. The lowest BCUT2D eigenvalue weighted by Gasteiger charge is -2.09. The summed E-state index contributed by atoms with van der Waals surface area (Å²) in [6.07, 6.45) is 2.38. The fourth-order valence-corrected chi connectivity index (χ4v) is 0.758. The maximum absolute atomic E-state index is 11.0. The van der Waals surface area contributed by atoms with Crippen molar-refractivity contribution in [3.05, 3.63) is 11.8 Å². The summed E-state index contributed by atoms with van der Waals surface area (Å²) in [7, 11) is 1.47. The highest BCUT2D eigenvalue weighted by Crippen LogP contribution is 1.99. The molecule has 0 aliphatic rings. The van der Waals surface area contributed by atoms with E-state index in [4.69, 9.17) is 15.2 Å². The van der Waals surface area contributed by atoms with Gasteiger partial charge in [0.25, 0.3) is 0 Å². The summed E-state index contributed by atoms with van der Waals surface area (Å²) in [6.45, 7) is 3.63. The lowest BCUT2D eigenvalue weighted by molar-refractivity contribution is -0.163. The second kappa shape index (κ2) is 6.48. The summed E-state index contributed by atoms with van der Waals surface area (Å²) in [4.78, 5) is 11.0. The molecule has 0 aromatic rings. The fraction of sp³-hybridized carbons (Fsp3) is 0.667. The molecule has 0 heterocycles. The van der Waals surface area contributed by atoms with Crippen LogP contribution >= 0.6 is 0 Å². The number of hydrogen-bond acceptors (Lipinski definition) is 4. The Morgan fingerprint density at radius 1 is 1.62 bits per heavy atom. The molecule has 0 fully saturated rings. The van der Waals surface area contributed by atoms with E-state index in [0.717, 1.165) is 6.42 Å². The molecule has 2 N–H and O–H groups in total. The molecule has 0 aliphatic carbocycles. The molecular formula is C9H17NO3. The second-order valence-electron chi connectivity index (χ2n) is 2.71. The largest absolute Gasteiger partial charge is 0.433 e. The third kappa shape index (κ3) is 6.16. The first-order valence-corrected chi connectivity index (χ1v) is 4.29. The van der Waals surface area contributed by atoms with Crippen LogP contribution in [0.15, 0.2) is 11.8 Å². The van der Waals surface area contributed by atoms with Crippen LogP contribution in [0.25, 0.3) is 0 Å². The molecule has 0 rings (SSSR count). The standard InChI is InChI=1S/C9H17NO3/c1-4-5-8(10)6-9(11)13-7(2)12-3/h6-7H,4-5,10H2,1-3H3. The Bertz CT molecular complexity index is 189. The summed E-state index contributed by atoms with van der Waals surface area (Å²) >= 11 is 0. The average Bonchev–Trinajstić information content (AvgIpc) is 2.04. The zero-order chi connectivity index (χ0) is 10.3. The minimum Gasteiger partial charge on any atom is -0.433 e. The quantitative estimate of drug-likeness (QED) is 0.398. The highest BCUT2D eigenvalue weighted by molar-refractivity contribution is 5.82. The van der Waals surface area contributed by atoms with Crippen molar-refractivity contribution < 1.29 is 14.3 Å². The summed E-state index contributed by atoms with van der Waals surface area (Å²) < 4.78 is 9.55. The molecule has 13 heavy (non-hydrogen) atoms. The maximum atomic E-state index is 11.0. The van der Waals surface area contributed by atoms with Gasteiger partial charge in [-0.3, -0.25) is 0 Å². The summed E-state index contributed by atoms with van der Waals surface area (Å²) in [5, 5.41) is 0. The summed E-state index contributed by atoms with van der Waals surface area (Å²) in [5.41, 5.74) is 6.06. The summed E-state index contributed by atoms with van der Waals surface area (Å²) in [6, 6.07) is 0. The van der Waals surface area contributed by atoms with Gasteiger partial charge in [-0.25, -0.2) is 4.79 Å². The van der Waals surface area contributed by atoms with Gasteiger partial charge in [-0.05, 0) is 13.3 Å². The number of hydrogen-bond donors (Lipinski definition) is 1. The van der Waals surface area contributed by atoms with E-state index in [9.17, 15) is 4.79 Å². The molecule has 4 nitrogen and oxygen atoms in total. The number of nitrogens with two attached hydrogens (primary N) is 1. The van der Waals surface area contributed by atoms with Gasteiger partial charge in [0, 0.05) is 18.9 Å². The smallest absolute Gasteiger partial charge is 0.334 e. The van der Waals surface area contributed by atoms with Gasteiger partial charge >= 0.3 is 5.97 Å². The summed E-state index contributed by atoms with van der Waals surface area (Å²) in [5.74, 6) is -0.458. The van der Waals surface area contributed by atoms with Crippen LogP contribution in [-0.4, -0.2) is 19.4 Å². The molecule has 0 saturated carbocycles. The number of carbonyl (C=O) groups is 1. The molecule has 0 amide bonds. The topological polar surface area (TPSA) is 61.6 Å². The van der Waals surface area contributed by atoms with E-state index in [2.05, 4.69) is 0 Å². The highest BCUT2D eigenvalue weighted by atomic mass is 16.7. The van der Waals surface area contributed by atoms with Crippen molar-refractivity contribution in [1.82, 2.24) is 0 Å². The Morgan fingerprint density at radius 3 is 2.69 bits per heavy atom. The molecule has 4 heteroatoms. The van der Waals surface area contributed by atoms with Crippen LogP contribution in [0, 0.1) is 0 Å². The van der Waals surface area contributed by atoms with Crippen molar-refractivity contribution in [3.63, 3.8) is 0 Å². The molecule has 0 bridgehead atoms. The predicted molar refractivity (Wildman–Crippen MR) is 49.7 cm³/mol. The van der Waals surface area contributed by atoms with Gasteiger partial charge in [0.15, 0.2) is 6.29 Å². The first-order valence-electron chi connectivity index (χ1n) is 4.29. The van der Waals surface area contributed by atoms with Gasteiger partial charge in [0.05, 0.1) is 0 Å². The van der Waals surface area contributed by atoms with Crippen LogP contribution in [0.5, 0.6) is 0 Å². The molecule has 0 radical (unpaired) electrons. The number of esters is 1. The Morgan fingerprint density at radius 2 is 2.23 bits per heavy atom. The number of ether oxygens (including phenoxy) is 2. The van der Waals surface area contributed by atoms with Gasteiger partial charge in [0.1, 0.15) is 0 Å². The van der Waals surface area contributed by atoms with Crippen molar-refractivity contribution in [3.8, 4) is 0 Å². The Labute approximate surface area is 78.7 Å². The minimum absolute atomic E-state index is 0.458. The molecule has 0 spiro atoms. The van der Waals surface area contributed by atoms with E-state index < -0.39 is 12.3 Å². The van der Waals surface area contributed by atoms with E-state index in [-0.39, 0.29) is 0 Å². The lowest BCUT2D eigenvalue weighted by atomic mass is 10.2. The van der Waals surface area contributed by atoms with Crippen molar-refractivity contribution >= 4 is 5.97 Å². The van der Waals surface area contributed by atoms with Crippen molar-refractivity contribution in [2.45, 2.75) is 33.0 Å². The normalized spacial score (nSPS) is 13.9. The predicted octanol–water partition coefficient (Wildman–Crippen LogP) is 1.16. The molecule has 0 aromatic heterocycles. The fourth-order valence-electron chi connectivity index (χ4n) is 0.758. The highest BCUT2D eigenvalue weighted by Gasteiger charge is 2.05. The molecule has 1 atom stereocenters. The van der Waals surface area contributed by atoms with Gasteiger partial charge in [0.2, 0.25) is 0 Å². The number of rotatable bonds is 5. The van der Waals surface area contributed by atoms with E-state index in [1.54, 1.807) is 6.92 Å². The third-order valence-electron chi connectivity index (χ3n) is 1.46. The lowest BCUT2D eigenvalue weighted by Crippen LogP contribution is -2.15. The van der Waals surface area contributed by atoms with E-state index in [0.29, 0.717) is 12.1 Å². The Hall–Kier alpha value is -1.03. The average molecular weight is 187 g/mol. The second-order valence-corrected chi connectivity index (χ2v) is 2.71.